The number of furan rings is 1. The Balaban J connectivity index is 1.52. The number of nitrogens with one attached hydrogen (secondary N) is 2. The van der Waals surface area contributed by atoms with E-state index in [0.29, 0.717) is 17.8 Å². The molecule has 1 fully saturated rings. The van der Waals surface area contributed by atoms with Gasteiger partial charge >= 0.3 is 0 Å². The van der Waals surface area contributed by atoms with Crippen molar-refractivity contribution >= 4 is 17.5 Å². The minimum absolute atomic E-state index is 0.0340. The number of benzene rings is 1. The Labute approximate surface area is 147 Å². The first-order chi connectivity index (χ1) is 12.2. The van der Waals surface area contributed by atoms with Gasteiger partial charge in [-0.1, -0.05) is 6.07 Å². The average Bonchev–Trinajstić information content (AvgIpc) is 3.15. The molecule has 1 saturated heterocycles. The SMILES string of the molecule is O=C(CNCc1ccco1)Nc1cccc(C(=O)N2CCCCC2)c1. The van der Waals surface area contributed by atoms with Crippen LogP contribution < -0.4 is 10.6 Å². The standard InChI is InChI=1S/C19H23N3O3/c23-18(14-20-13-17-8-5-11-25-17)21-16-7-4-6-15(12-16)19(24)22-9-2-1-3-10-22/h4-8,11-12,20H,1-3,9-10,13-14H2,(H,21,23). The zero-order valence-electron chi connectivity index (χ0n) is 14.2. The molecule has 3 rings (SSSR count). The Morgan fingerprint density at radius 1 is 1.08 bits per heavy atom. The lowest BCUT2D eigenvalue weighted by Gasteiger charge is -2.26. The van der Waals surface area contributed by atoms with E-state index in [-0.39, 0.29) is 18.4 Å². The number of rotatable bonds is 6. The van der Waals surface area contributed by atoms with E-state index in [0.717, 1.165) is 31.7 Å². The van der Waals surface area contributed by atoms with Gasteiger partial charge in [0.15, 0.2) is 0 Å². The summed E-state index contributed by atoms with van der Waals surface area (Å²) < 4.78 is 5.20. The molecule has 25 heavy (non-hydrogen) atoms. The van der Waals surface area contributed by atoms with Gasteiger partial charge in [-0.25, -0.2) is 0 Å². The van der Waals surface area contributed by atoms with Gasteiger partial charge in [0.2, 0.25) is 5.91 Å². The van der Waals surface area contributed by atoms with E-state index in [2.05, 4.69) is 10.6 Å². The third-order valence-corrected chi connectivity index (χ3v) is 4.20. The summed E-state index contributed by atoms with van der Waals surface area (Å²) in [4.78, 5) is 26.4. The highest BCUT2D eigenvalue weighted by Gasteiger charge is 2.18. The molecule has 2 heterocycles. The summed E-state index contributed by atoms with van der Waals surface area (Å²) in [6, 6.07) is 10.8. The molecule has 0 aliphatic carbocycles. The molecular formula is C19H23N3O3. The Kier molecular flexibility index (Phi) is 5.85. The van der Waals surface area contributed by atoms with Crippen LogP contribution in [0, 0.1) is 0 Å². The minimum Gasteiger partial charge on any atom is -0.468 e. The largest absolute Gasteiger partial charge is 0.468 e. The highest BCUT2D eigenvalue weighted by Crippen LogP contribution is 2.16. The van der Waals surface area contributed by atoms with Gasteiger partial charge in [-0.2, -0.15) is 0 Å². The number of anilines is 1. The third-order valence-electron chi connectivity index (χ3n) is 4.20. The normalized spacial score (nSPS) is 14.3. The molecule has 2 amide bonds. The fraction of sp³-hybridized carbons (Fsp3) is 0.368. The highest BCUT2D eigenvalue weighted by molar-refractivity contribution is 5.97. The van der Waals surface area contributed by atoms with E-state index in [1.807, 2.05) is 17.0 Å². The van der Waals surface area contributed by atoms with Crippen LogP contribution in [0.1, 0.15) is 35.4 Å². The van der Waals surface area contributed by atoms with Crippen LogP contribution >= 0.6 is 0 Å². The summed E-state index contributed by atoms with van der Waals surface area (Å²) in [5.74, 6) is 0.655. The fourth-order valence-electron chi connectivity index (χ4n) is 2.93. The maximum Gasteiger partial charge on any atom is 0.253 e. The lowest BCUT2D eigenvalue weighted by Crippen LogP contribution is -2.35. The molecule has 6 nitrogen and oxygen atoms in total. The molecule has 2 aromatic rings. The van der Waals surface area contributed by atoms with Crippen LogP contribution in [0.4, 0.5) is 5.69 Å². The fourth-order valence-corrected chi connectivity index (χ4v) is 2.93. The van der Waals surface area contributed by atoms with Gasteiger partial charge in [0, 0.05) is 24.3 Å². The van der Waals surface area contributed by atoms with Crippen molar-refractivity contribution in [1.29, 1.82) is 0 Å². The van der Waals surface area contributed by atoms with E-state index in [4.69, 9.17) is 4.42 Å². The Morgan fingerprint density at radius 3 is 2.68 bits per heavy atom. The average molecular weight is 341 g/mol. The molecule has 2 N–H and O–H groups in total. The van der Waals surface area contributed by atoms with Crippen LogP contribution in [0.15, 0.2) is 47.1 Å². The molecule has 0 bridgehead atoms. The van der Waals surface area contributed by atoms with E-state index < -0.39 is 0 Å². The first-order valence-electron chi connectivity index (χ1n) is 8.65. The predicted molar refractivity (Wildman–Crippen MR) is 95.2 cm³/mol. The van der Waals surface area contributed by atoms with Gasteiger partial charge in [0.1, 0.15) is 5.76 Å². The van der Waals surface area contributed by atoms with Crippen LogP contribution in [0.5, 0.6) is 0 Å². The van der Waals surface area contributed by atoms with Crippen LogP contribution in [0.25, 0.3) is 0 Å². The van der Waals surface area contributed by atoms with Crippen molar-refractivity contribution in [3.8, 4) is 0 Å². The van der Waals surface area contributed by atoms with Gasteiger partial charge in [-0.15, -0.1) is 0 Å². The van der Waals surface area contributed by atoms with Gasteiger partial charge in [-0.3, -0.25) is 9.59 Å². The maximum atomic E-state index is 12.5. The molecule has 1 aromatic heterocycles. The van der Waals surface area contributed by atoms with Gasteiger partial charge < -0.3 is 20.0 Å². The van der Waals surface area contributed by atoms with E-state index >= 15 is 0 Å². The smallest absolute Gasteiger partial charge is 0.253 e. The number of carbonyl (C=O) groups is 2. The number of hydrogen-bond acceptors (Lipinski definition) is 4. The van der Waals surface area contributed by atoms with Crippen molar-refractivity contribution in [2.75, 3.05) is 25.0 Å². The van der Waals surface area contributed by atoms with Crippen molar-refractivity contribution in [3.63, 3.8) is 0 Å². The predicted octanol–water partition coefficient (Wildman–Crippen LogP) is 2.63. The summed E-state index contributed by atoms with van der Waals surface area (Å²) in [6.07, 6.45) is 4.90. The number of hydrogen-bond donors (Lipinski definition) is 2. The lowest BCUT2D eigenvalue weighted by molar-refractivity contribution is -0.115. The van der Waals surface area contributed by atoms with E-state index in [9.17, 15) is 9.59 Å². The quantitative estimate of drug-likeness (QED) is 0.847. The second-order valence-corrected chi connectivity index (χ2v) is 6.16. The third kappa shape index (κ3) is 4.93. The summed E-state index contributed by atoms with van der Waals surface area (Å²) in [7, 11) is 0. The van der Waals surface area contributed by atoms with E-state index in [1.54, 1.807) is 30.5 Å². The van der Waals surface area contributed by atoms with Crippen LogP contribution in [-0.4, -0.2) is 36.3 Å². The number of likely N-dealkylation sites (tertiary alicyclic amines) is 1. The van der Waals surface area contributed by atoms with Crippen molar-refractivity contribution in [2.45, 2.75) is 25.8 Å². The molecule has 1 aromatic carbocycles. The molecule has 1 aliphatic heterocycles. The molecule has 0 saturated carbocycles. The van der Waals surface area contributed by atoms with Gasteiger partial charge in [0.05, 0.1) is 19.4 Å². The number of piperidine rings is 1. The second kappa shape index (κ2) is 8.48. The summed E-state index contributed by atoms with van der Waals surface area (Å²) in [5.41, 5.74) is 1.25. The summed E-state index contributed by atoms with van der Waals surface area (Å²) in [6.45, 7) is 2.29. The monoisotopic (exact) mass is 341 g/mol. The molecule has 0 atom stereocenters. The molecule has 132 valence electrons. The zero-order chi connectivity index (χ0) is 17.5. The molecule has 6 heteroatoms. The first-order valence-corrected chi connectivity index (χ1v) is 8.65. The van der Waals surface area contributed by atoms with Crippen LogP contribution in [-0.2, 0) is 11.3 Å². The highest BCUT2D eigenvalue weighted by atomic mass is 16.3. The number of nitrogens with zero attached hydrogens (tertiary/aromatic N) is 1. The topological polar surface area (TPSA) is 74.6 Å². The Morgan fingerprint density at radius 2 is 1.92 bits per heavy atom. The van der Waals surface area contributed by atoms with Gasteiger partial charge in [-0.05, 0) is 49.6 Å². The first kappa shape index (κ1) is 17.2. The Bertz CT molecular complexity index is 706. The molecule has 0 unspecified atom stereocenters. The number of amides is 2. The summed E-state index contributed by atoms with van der Waals surface area (Å²) >= 11 is 0. The van der Waals surface area contributed by atoms with Crippen molar-refractivity contribution < 1.29 is 14.0 Å². The zero-order valence-corrected chi connectivity index (χ0v) is 14.2. The van der Waals surface area contributed by atoms with E-state index in [1.165, 1.54) is 6.42 Å². The van der Waals surface area contributed by atoms with Crippen LogP contribution in [0.2, 0.25) is 0 Å². The molecule has 0 radical (unpaired) electrons. The molecule has 1 aliphatic rings. The van der Waals surface area contributed by atoms with Crippen molar-refractivity contribution in [3.05, 3.63) is 54.0 Å². The van der Waals surface area contributed by atoms with Crippen molar-refractivity contribution in [2.24, 2.45) is 0 Å². The Hall–Kier alpha value is -2.60. The minimum atomic E-state index is -0.158. The second-order valence-electron chi connectivity index (χ2n) is 6.16. The lowest BCUT2D eigenvalue weighted by atomic mass is 10.1. The number of carbonyl (C=O) groups excluding carboxylic acids is 2. The maximum absolute atomic E-state index is 12.5. The van der Waals surface area contributed by atoms with Crippen LogP contribution in [0.3, 0.4) is 0 Å². The molecular weight excluding hydrogens is 318 g/mol. The summed E-state index contributed by atoms with van der Waals surface area (Å²) in [5, 5.41) is 5.83. The molecule has 0 spiro atoms. The van der Waals surface area contributed by atoms with Crippen molar-refractivity contribution in [1.82, 2.24) is 10.2 Å². The van der Waals surface area contributed by atoms with Gasteiger partial charge in [0.25, 0.3) is 5.91 Å².